The van der Waals surface area contributed by atoms with Gasteiger partial charge in [0.2, 0.25) is 0 Å². The number of hydrogen-bond acceptors (Lipinski definition) is 2. The second kappa shape index (κ2) is 4.85. The predicted molar refractivity (Wildman–Crippen MR) is 60.9 cm³/mol. The normalized spacial score (nSPS) is 19.6. The number of benzene rings is 1. The van der Waals surface area contributed by atoms with Crippen LogP contribution in [0.25, 0.3) is 0 Å². The molecule has 1 saturated heterocycles. The van der Waals surface area contributed by atoms with E-state index in [2.05, 4.69) is 31.2 Å². The van der Waals surface area contributed by atoms with Gasteiger partial charge in [-0.25, -0.2) is 0 Å². The van der Waals surface area contributed by atoms with Crippen molar-refractivity contribution in [3.63, 3.8) is 0 Å². The van der Waals surface area contributed by atoms with Crippen LogP contribution in [0.15, 0.2) is 29.2 Å². The van der Waals surface area contributed by atoms with Crippen molar-refractivity contribution >= 4 is 11.8 Å². The minimum Gasteiger partial charge on any atom is -0.373 e. The van der Waals surface area contributed by atoms with E-state index in [1.54, 1.807) is 0 Å². The van der Waals surface area contributed by atoms with E-state index < -0.39 is 0 Å². The molecule has 14 heavy (non-hydrogen) atoms. The van der Waals surface area contributed by atoms with Crippen LogP contribution in [0.2, 0.25) is 0 Å². The number of ether oxygens (including phenoxy) is 1. The maximum atomic E-state index is 5.19. The molecule has 0 bridgehead atoms. The van der Waals surface area contributed by atoms with Crippen LogP contribution in [-0.2, 0) is 11.2 Å². The molecule has 1 aromatic carbocycles. The second-order valence-electron chi connectivity index (χ2n) is 3.57. The van der Waals surface area contributed by atoms with Gasteiger partial charge in [0, 0.05) is 4.90 Å². The Morgan fingerprint density at radius 1 is 1.36 bits per heavy atom. The molecule has 0 amide bonds. The topological polar surface area (TPSA) is 12.5 Å². The Morgan fingerprint density at radius 2 is 2.07 bits per heavy atom. The molecule has 1 fully saturated rings. The van der Waals surface area contributed by atoms with Gasteiger partial charge < -0.3 is 4.74 Å². The highest BCUT2D eigenvalue weighted by molar-refractivity contribution is 7.99. The van der Waals surface area contributed by atoms with Gasteiger partial charge in [0.05, 0.1) is 12.7 Å². The van der Waals surface area contributed by atoms with E-state index in [0.29, 0.717) is 6.10 Å². The van der Waals surface area contributed by atoms with Gasteiger partial charge in [-0.1, -0.05) is 19.1 Å². The molecule has 0 N–H and O–H groups in total. The highest BCUT2D eigenvalue weighted by atomic mass is 32.2. The summed E-state index contributed by atoms with van der Waals surface area (Å²) < 4.78 is 5.19. The van der Waals surface area contributed by atoms with Crippen molar-refractivity contribution in [2.45, 2.75) is 30.8 Å². The molecular formula is C12H16OS. The third kappa shape index (κ3) is 3.03. The Balaban J connectivity index is 1.84. The summed E-state index contributed by atoms with van der Waals surface area (Å²) >= 11 is 1.90. The second-order valence-corrected chi connectivity index (χ2v) is 4.91. The van der Waals surface area contributed by atoms with Crippen molar-refractivity contribution in [1.82, 2.24) is 0 Å². The average molecular weight is 208 g/mol. The summed E-state index contributed by atoms with van der Waals surface area (Å²) in [6.07, 6.45) is 2.89. The van der Waals surface area contributed by atoms with Crippen LogP contribution in [0.4, 0.5) is 0 Å². The first-order valence-corrected chi connectivity index (χ1v) is 6.20. The molecule has 0 aromatic heterocycles. The number of thioether (sulfide) groups is 1. The lowest BCUT2D eigenvalue weighted by molar-refractivity contribution is 0.397. The maximum absolute atomic E-state index is 5.19. The fourth-order valence-electron chi connectivity index (χ4n) is 1.48. The molecule has 0 radical (unpaired) electrons. The predicted octanol–water partition coefficient (Wildman–Crippen LogP) is 3.13. The minimum atomic E-state index is 0.555. The first-order valence-electron chi connectivity index (χ1n) is 5.22. The minimum absolute atomic E-state index is 0.555. The van der Waals surface area contributed by atoms with Gasteiger partial charge in [-0.3, -0.25) is 0 Å². The van der Waals surface area contributed by atoms with E-state index in [1.165, 1.54) is 16.9 Å². The van der Waals surface area contributed by atoms with Crippen LogP contribution < -0.4 is 0 Å². The standard InChI is InChI=1S/C12H16OS/c1-2-14-12-7-4-10(5-8-12)3-6-11-9-13-11/h4-5,7-8,11H,2-3,6,9H2,1H3. The van der Waals surface area contributed by atoms with E-state index in [0.717, 1.165) is 18.8 Å². The van der Waals surface area contributed by atoms with Gasteiger partial charge in [-0.15, -0.1) is 11.8 Å². The smallest absolute Gasteiger partial charge is 0.0813 e. The summed E-state index contributed by atoms with van der Waals surface area (Å²) in [5, 5.41) is 0. The Hall–Kier alpha value is -0.470. The van der Waals surface area contributed by atoms with Crippen molar-refractivity contribution in [3.8, 4) is 0 Å². The monoisotopic (exact) mass is 208 g/mol. The Labute approximate surface area is 89.9 Å². The molecule has 1 nitrogen and oxygen atoms in total. The average Bonchev–Trinajstić information content (AvgIpc) is 3.01. The third-order valence-corrected chi connectivity index (χ3v) is 3.29. The SMILES string of the molecule is CCSc1ccc(CCC2CO2)cc1. The van der Waals surface area contributed by atoms with Crippen molar-refractivity contribution in [1.29, 1.82) is 0 Å². The van der Waals surface area contributed by atoms with E-state index in [4.69, 9.17) is 4.74 Å². The molecule has 1 unspecified atom stereocenters. The number of rotatable bonds is 5. The summed E-state index contributed by atoms with van der Waals surface area (Å²) in [6.45, 7) is 3.16. The zero-order chi connectivity index (χ0) is 9.80. The van der Waals surface area contributed by atoms with Crippen LogP contribution in [0.3, 0.4) is 0 Å². The Kier molecular flexibility index (Phi) is 3.49. The zero-order valence-corrected chi connectivity index (χ0v) is 9.35. The first kappa shape index (κ1) is 10.1. The van der Waals surface area contributed by atoms with Crippen molar-refractivity contribution < 1.29 is 4.74 Å². The zero-order valence-electron chi connectivity index (χ0n) is 8.53. The summed E-state index contributed by atoms with van der Waals surface area (Å²) in [6, 6.07) is 8.91. The van der Waals surface area contributed by atoms with E-state index in [-0.39, 0.29) is 0 Å². The first-order chi connectivity index (χ1) is 6.88. The molecule has 2 heteroatoms. The summed E-state index contributed by atoms with van der Waals surface area (Å²) in [7, 11) is 0. The van der Waals surface area contributed by atoms with Gasteiger partial charge >= 0.3 is 0 Å². The molecule has 1 aromatic rings. The molecule has 1 atom stereocenters. The van der Waals surface area contributed by atoms with Gasteiger partial charge in [0.25, 0.3) is 0 Å². The summed E-state index contributed by atoms with van der Waals surface area (Å²) in [4.78, 5) is 1.37. The van der Waals surface area contributed by atoms with Gasteiger partial charge in [0.15, 0.2) is 0 Å². The highest BCUT2D eigenvalue weighted by Crippen LogP contribution is 2.20. The van der Waals surface area contributed by atoms with Crippen molar-refractivity contribution in [2.24, 2.45) is 0 Å². The molecule has 2 rings (SSSR count). The van der Waals surface area contributed by atoms with Crippen LogP contribution in [0.1, 0.15) is 18.9 Å². The number of epoxide rings is 1. The van der Waals surface area contributed by atoms with Crippen LogP contribution >= 0.6 is 11.8 Å². The molecule has 0 spiro atoms. The van der Waals surface area contributed by atoms with E-state index >= 15 is 0 Å². The lowest BCUT2D eigenvalue weighted by atomic mass is 10.1. The van der Waals surface area contributed by atoms with Crippen molar-refractivity contribution in [3.05, 3.63) is 29.8 Å². The largest absolute Gasteiger partial charge is 0.373 e. The molecule has 76 valence electrons. The highest BCUT2D eigenvalue weighted by Gasteiger charge is 2.21. The fraction of sp³-hybridized carbons (Fsp3) is 0.500. The van der Waals surface area contributed by atoms with Crippen LogP contribution in [-0.4, -0.2) is 18.5 Å². The Bertz CT molecular complexity index is 277. The third-order valence-electron chi connectivity index (χ3n) is 2.39. The molecule has 0 aliphatic carbocycles. The Morgan fingerprint density at radius 3 is 2.64 bits per heavy atom. The maximum Gasteiger partial charge on any atom is 0.0813 e. The fourth-order valence-corrected chi connectivity index (χ4v) is 2.14. The lowest BCUT2D eigenvalue weighted by Crippen LogP contribution is -1.90. The van der Waals surface area contributed by atoms with Crippen molar-refractivity contribution in [2.75, 3.05) is 12.4 Å². The van der Waals surface area contributed by atoms with E-state index in [9.17, 15) is 0 Å². The number of aryl methyl sites for hydroxylation is 1. The van der Waals surface area contributed by atoms with Gasteiger partial charge in [0.1, 0.15) is 0 Å². The van der Waals surface area contributed by atoms with Crippen LogP contribution in [0.5, 0.6) is 0 Å². The molecule has 0 saturated carbocycles. The van der Waals surface area contributed by atoms with Crippen LogP contribution in [0, 0.1) is 0 Å². The van der Waals surface area contributed by atoms with Gasteiger partial charge in [-0.05, 0) is 36.3 Å². The molecule has 1 heterocycles. The van der Waals surface area contributed by atoms with E-state index in [1.807, 2.05) is 11.8 Å². The summed E-state index contributed by atoms with van der Waals surface area (Å²) in [5.41, 5.74) is 1.43. The number of hydrogen-bond donors (Lipinski definition) is 0. The van der Waals surface area contributed by atoms with Gasteiger partial charge in [-0.2, -0.15) is 0 Å². The molecule has 1 aliphatic heterocycles. The molecule has 1 aliphatic rings. The lowest BCUT2D eigenvalue weighted by Gasteiger charge is -2.01. The quantitative estimate of drug-likeness (QED) is 0.544. The summed E-state index contributed by atoms with van der Waals surface area (Å²) in [5.74, 6) is 1.15. The molecular weight excluding hydrogens is 192 g/mol.